The van der Waals surface area contributed by atoms with Crippen LogP contribution >= 0.6 is 0 Å². The zero-order valence-corrected chi connectivity index (χ0v) is 8.32. The fourth-order valence-corrected chi connectivity index (χ4v) is 1.53. The molecular formula is C11H11NO3. The van der Waals surface area contributed by atoms with E-state index in [1.165, 1.54) is 0 Å². The standard InChI is InChI=1S/C11H11NO3/c1-11(8-5-3-2-4-6-8)10(14)12-9(13)7-15-11/h2-6H,7H2,1H3,(H,12,13,14). The molecule has 0 aliphatic carbocycles. The van der Waals surface area contributed by atoms with Crippen molar-refractivity contribution in [2.24, 2.45) is 0 Å². The number of hydrogen-bond acceptors (Lipinski definition) is 3. The molecule has 1 unspecified atom stereocenters. The molecule has 1 saturated heterocycles. The van der Waals surface area contributed by atoms with Crippen LogP contribution in [0.4, 0.5) is 0 Å². The van der Waals surface area contributed by atoms with Crippen LogP contribution in [0.3, 0.4) is 0 Å². The molecule has 1 atom stereocenters. The van der Waals surface area contributed by atoms with Gasteiger partial charge < -0.3 is 4.74 Å². The zero-order valence-electron chi connectivity index (χ0n) is 8.32. The van der Waals surface area contributed by atoms with Crippen LogP contribution in [0.25, 0.3) is 0 Å². The van der Waals surface area contributed by atoms with Gasteiger partial charge in [0.15, 0.2) is 5.60 Å². The Morgan fingerprint density at radius 1 is 1.27 bits per heavy atom. The van der Waals surface area contributed by atoms with Crippen molar-refractivity contribution in [3.05, 3.63) is 35.9 Å². The van der Waals surface area contributed by atoms with Gasteiger partial charge in [-0.1, -0.05) is 30.3 Å². The predicted octanol–water partition coefficient (Wildman–Crippen LogP) is 0.575. The summed E-state index contributed by atoms with van der Waals surface area (Å²) in [4.78, 5) is 22.6. The Hall–Kier alpha value is -1.68. The molecule has 78 valence electrons. The first-order valence-corrected chi connectivity index (χ1v) is 4.67. The summed E-state index contributed by atoms with van der Waals surface area (Å²) in [5, 5.41) is 2.27. The largest absolute Gasteiger partial charge is 0.351 e. The first-order chi connectivity index (χ1) is 7.13. The predicted molar refractivity (Wildman–Crippen MR) is 52.9 cm³/mol. The smallest absolute Gasteiger partial charge is 0.263 e. The van der Waals surface area contributed by atoms with Crippen molar-refractivity contribution < 1.29 is 14.3 Å². The molecular weight excluding hydrogens is 194 g/mol. The normalized spacial score (nSPS) is 26.2. The number of rotatable bonds is 1. The van der Waals surface area contributed by atoms with Crippen LogP contribution in [-0.2, 0) is 19.9 Å². The Balaban J connectivity index is 2.35. The molecule has 0 saturated carbocycles. The Morgan fingerprint density at radius 3 is 2.53 bits per heavy atom. The van der Waals surface area contributed by atoms with Crippen molar-refractivity contribution in [1.82, 2.24) is 5.32 Å². The third-order valence-corrected chi connectivity index (χ3v) is 2.50. The molecule has 1 N–H and O–H groups in total. The zero-order chi connectivity index (χ0) is 10.9. The molecule has 1 heterocycles. The van der Waals surface area contributed by atoms with Gasteiger partial charge in [-0.05, 0) is 12.5 Å². The third kappa shape index (κ3) is 1.64. The fourth-order valence-electron chi connectivity index (χ4n) is 1.53. The second-order valence-corrected chi connectivity index (χ2v) is 3.57. The minimum Gasteiger partial charge on any atom is -0.351 e. The molecule has 4 heteroatoms. The lowest BCUT2D eigenvalue weighted by molar-refractivity contribution is -0.163. The summed E-state index contributed by atoms with van der Waals surface area (Å²) in [7, 11) is 0. The topological polar surface area (TPSA) is 55.4 Å². The number of nitrogens with one attached hydrogen (secondary N) is 1. The summed E-state index contributed by atoms with van der Waals surface area (Å²) in [6, 6.07) is 9.12. The highest BCUT2D eigenvalue weighted by Crippen LogP contribution is 2.27. The van der Waals surface area contributed by atoms with E-state index in [-0.39, 0.29) is 6.61 Å². The van der Waals surface area contributed by atoms with Gasteiger partial charge in [0.25, 0.3) is 11.8 Å². The average molecular weight is 205 g/mol. The second-order valence-electron chi connectivity index (χ2n) is 3.57. The average Bonchev–Trinajstić information content (AvgIpc) is 2.25. The Morgan fingerprint density at radius 2 is 1.93 bits per heavy atom. The van der Waals surface area contributed by atoms with Crippen molar-refractivity contribution in [1.29, 1.82) is 0 Å². The summed E-state index contributed by atoms with van der Waals surface area (Å²) >= 11 is 0. The van der Waals surface area contributed by atoms with E-state index in [9.17, 15) is 9.59 Å². The second kappa shape index (κ2) is 3.47. The summed E-state index contributed by atoms with van der Waals surface area (Å²) in [5.74, 6) is -0.807. The molecule has 1 aliphatic heterocycles. The molecule has 0 spiro atoms. The van der Waals surface area contributed by atoms with E-state index in [1.54, 1.807) is 19.1 Å². The van der Waals surface area contributed by atoms with E-state index in [2.05, 4.69) is 5.32 Å². The number of imide groups is 1. The van der Waals surface area contributed by atoms with Gasteiger partial charge in [0.1, 0.15) is 6.61 Å². The van der Waals surface area contributed by atoms with Crippen molar-refractivity contribution in [3.8, 4) is 0 Å². The molecule has 1 fully saturated rings. The first kappa shape index (κ1) is 9.86. The van der Waals surface area contributed by atoms with Gasteiger partial charge in [-0.3, -0.25) is 14.9 Å². The maximum absolute atomic E-state index is 11.7. The Kier molecular flexibility index (Phi) is 2.28. The minimum absolute atomic E-state index is 0.0862. The van der Waals surface area contributed by atoms with Gasteiger partial charge in [-0.25, -0.2) is 0 Å². The minimum atomic E-state index is -1.06. The molecule has 15 heavy (non-hydrogen) atoms. The fraction of sp³-hybridized carbons (Fsp3) is 0.273. The van der Waals surface area contributed by atoms with Crippen LogP contribution in [0, 0.1) is 0 Å². The molecule has 2 rings (SSSR count). The van der Waals surface area contributed by atoms with Crippen LogP contribution in [-0.4, -0.2) is 18.4 Å². The molecule has 0 bridgehead atoms. The Labute approximate surface area is 87.2 Å². The van der Waals surface area contributed by atoms with Crippen LogP contribution in [0.5, 0.6) is 0 Å². The number of amides is 2. The maximum Gasteiger partial charge on any atom is 0.263 e. The Bertz CT molecular complexity index is 402. The van der Waals surface area contributed by atoms with Gasteiger partial charge in [0, 0.05) is 0 Å². The van der Waals surface area contributed by atoms with Crippen LogP contribution < -0.4 is 5.32 Å². The van der Waals surface area contributed by atoms with Crippen LogP contribution in [0.15, 0.2) is 30.3 Å². The molecule has 1 aliphatic rings. The molecule has 1 aromatic rings. The van der Waals surface area contributed by atoms with E-state index in [0.717, 1.165) is 5.56 Å². The lowest BCUT2D eigenvalue weighted by atomic mass is 9.94. The summed E-state index contributed by atoms with van der Waals surface area (Å²) in [5.41, 5.74) is -0.315. The highest BCUT2D eigenvalue weighted by atomic mass is 16.5. The molecule has 0 radical (unpaired) electrons. The van der Waals surface area contributed by atoms with Gasteiger partial charge in [0.2, 0.25) is 0 Å². The van der Waals surface area contributed by atoms with E-state index in [0.29, 0.717) is 0 Å². The molecule has 0 aromatic heterocycles. The van der Waals surface area contributed by atoms with E-state index in [4.69, 9.17) is 4.74 Å². The number of morpholine rings is 1. The number of benzene rings is 1. The maximum atomic E-state index is 11.7. The van der Waals surface area contributed by atoms with Gasteiger partial charge in [0.05, 0.1) is 0 Å². The number of carbonyl (C=O) groups excluding carboxylic acids is 2. The van der Waals surface area contributed by atoms with E-state index >= 15 is 0 Å². The van der Waals surface area contributed by atoms with Crippen LogP contribution in [0.1, 0.15) is 12.5 Å². The summed E-state index contributed by atoms with van der Waals surface area (Å²) < 4.78 is 5.31. The molecule has 2 amide bonds. The van der Waals surface area contributed by atoms with Crippen molar-refractivity contribution >= 4 is 11.8 Å². The van der Waals surface area contributed by atoms with E-state index < -0.39 is 17.4 Å². The number of ether oxygens (including phenoxy) is 1. The lowest BCUT2D eigenvalue weighted by Gasteiger charge is -2.32. The monoisotopic (exact) mass is 205 g/mol. The van der Waals surface area contributed by atoms with Crippen molar-refractivity contribution in [2.75, 3.05) is 6.61 Å². The lowest BCUT2D eigenvalue weighted by Crippen LogP contribution is -2.53. The summed E-state index contributed by atoms with van der Waals surface area (Å²) in [6.45, 7) is 1.57. The molecule has 1 aromatic carbocycles. The van der Waals surface area contributed by atoms with Crippen molar-refractivity contribution in [2.45, 2.75) is 12.5 Å². The highest BCUT2D eigenvalue weighted by Gasteiger charge is 2.41. The van der Waals surface area contributed by atoms with Gasteiger partial charge in [-0.15, -0.1) is 0 Å². The summed E-state index contributed by atoms with van der Waals surface area (Å²) in [6.07, 6.45) is 0. The molecule has 4 nitrogen and oxygen atoms in total. The SMILES string of the molecule is CC1(c2ccccc2)OCC(=O)NC1=O. The van der Waals surface area contributed by atoms with E-state index in [1.807, 2.05) is 18.2 Å². The highest BCUT2D eigenvalue weighted by molar-refractivity contribution is 6.02. The van der Waals surface area contributed by atoms with Gasteiger partial charge in [-0.2, -0.15) is 0 Å². The van der Waals surface area contributed by atoms with Crippen molar-refractivity contribution in [3.63, 3.8) is 0 Å². The van der Waals surface area contributed by atoms with Gasteiger partial charge >= 0.3 is 0 Å². The first-order valence-electron chi connectivity index (χ1n) is 4.67. The number of hydrogen-bond donors (Lipinski definition) is 1. The quantitative estimate of drug-likeness (QED) is 0.682. The van der Waals surface area contributed by atoms with Crippen LogP contribution in [0.2, 0.25) is 0 Å². The third-order valence-electron chi connectivity index (χ3n) is 2.50. The number of carbonyl (C=O) groups is 2.